The Hall–Kier alpha value is -2.76. The Kier molecular flexibility index (Phi) is 8.11. The maximum absolute atomic E-state index is 13.6. The van der Waals surface area contributed by atoms with Crippen molar-refractivity contribution in [2.75, 3.05) is 38.0 Å². The van der Waals surface area contributed by atoms with Gasteiger partial charge in [-0.2, -0.15) is 4.31 Å². The summed E-state index contributed by atoms with van der Waals surface area (Å²) in [6, 6.07) is 6.00. The number of carbonyl (C=O) groups excluding carboxylic acids is 3. The molecule has 9 nitrogen and oxygen atoms in total. The fourth-order valence-electron chi connectivity index (χ4n) is 5.57. The van der Waals surface area contributed by atoms with E-state index in [1.165, 1.54) is 46.8 Å². The number of nitrogens with one attached hydrogen (secondary N) is 1. The molecule has 3 aliphatic rings. The quantitative estimate of drug-likeness (QED) is 0.584. The highest BCUT2D eigenvalue weighted by Crippen LogP contribution is 2.38. The van der Waals surface area contributed by atoms with Crippen LogP contribution in [0.4, 0.5) is 5.00 Å². The van der Waals surface area contributed by atoms with Crippen LogP contribution in [0.5, 0.6) is 0 Å². The number of hydrogen-bond donors (Lipinski definition) is 1. The average molecular weight is 573 g/mol. The Morgan fingerprint density at radius 1 is 0.923 bits per heavy atom. The molecular weight excluding hydrogens is 536 g/mol. The molecule has 2 saturated heterocycles. The first kappa shape index (κ1) is 27.8. The summed E-state index contributed by atoms with van der Waals surface area (Å²) in [5.41, 5.74) is 1.77. The van der Waals surface area contributed by atoms with E-state index in [4.69, 9.17) is 0 Å². The third-order valence-electron chi connectivity index (χ3n) is 8.08. The zero-order valence-corrected chi connectivity index (χ0v) is 24.2. The summed E-state index contributed by atoms with van der Waals surface area (Å²) >= 11 is 1.35. The van der Waals surface area contributed by atoms with Gasteiger partial charge in [0.25, 0.3) is 11.8 Å². The van der Waals surface area contributed by atoms with Crippen molar-refractivity contribution in [3.8, 4) is 0 Å². The minimum absolute atomic E-state index is 0.0161. The van der Waals surface area contributed by atoms with E-state index in [0.29, 0.717) is 67.7 Å². The first-order valence-electron chi connectivity index (χ1n) is 13.8. The zero-order chi connectivity index (χ0) is 27.7. The number of benzene rings is 1. The molecule has 2 aromatic rings. The Morgan fingerprint density at radius 2 is 1.59 bits per heavy atom. The largest absolute Gasteiger partial charge is 0.339 e. The van der Waals surface area contributed by atoms with Crippen LogP contribution in [-0.2, 0) is 27.8 Å². The van der Waals surface area contributed by atoms with E-state index in [1.54, 1.807) is 4.90 Å². The van der Waals surface area contributed by atoms with E-state index >= 15 is 0 Å². The van der Waals surface area contributed by atoms with Crippen molar-refractivity contribution in [2.45, 2.75) is 63.8 Å². The highest BCUT2D eigenvalue weighted by atomic mass is 32.2. The molecule has 0 unspecified atom stereocenters. The normalized spacial score (nSPS) is 19.0. The van der Waals surface area contributed by atoms with Crippen LogP contribution >= 0.6 is 11.3 Å². The van der Waals surface area contributed by atoms with Gasteiger partial charge in [0.2, 0.25) is 15.9 Å². The van der Waals surface area contributed by atoms with Gasteiger partial charge in [0, 0.05) is 50.1 Å². The summed E-state index contributed by atoms with van der Waals surface area (Å²) in [4.78, 5) is 43.6. The van der Waals surface area contributed by atoms with Gasteiger partial charge >= 0.3 is 0 Å². The van der Waals surface area contributed by atoms with Crippen molar-refractivity contribution in [2.24, 2.45) is 5.92 Å². The minimum atomic E-state index is -3.61. The summed E-state index contributed by atoms with van der Waals surface area (Å²) < 4.78 is 27.7. The molecule has 11 heteroatoms. The van der Waals surface area contributed by atoms with Crippen molar-refractivity contribution < 1.29 is 22.8 Å². The lowest BCUT2D eigenvalue weighted by atomic mass is 10.0. The summed E-state index contributed by atoms with van der Waals surface area (Å²) in [6.45, 7) is 7.03. The number of sulfonamides is 1. The van der Waals surface area contributed by atoms with Gasteiger partial charge in [-0.1, -0.05) is 6.92 Å². The maximum Gasteiger partial charge on any atom is 0.257 e. The number of amides is 3. The molecular formula is C28H36N4O5S2. The lowest BCUT2D eigenvalue weighted by Gasteiger charge is -2.29. The molecule has 1 N–H and O–H groups in total. The molecule has 1 aromatic heterocycles. The van der Waals surface area contributed by atoms with Crippen LogP contribution in [0.3, 0.4) is 0 Å². The highest BCUT2D eigenvalue weighted by molar-refractivity contribution is 7.89. The fraction of sp³-hybridized carbons (Fsp3) is 0.536. The molecule has 0 atom stereocenters. The SMILES string of the molecule is CC(=O)N1CCc2c(sc(NC(=O)c3ccc(S(=O)(=O)N4CCC(C)CC4)cc3)c2C(=O)N2CCCCC2)C1. The lowest BCUT2D eigenvalue weighted by Crippen LogP contribution is -2.38. The van der Waals surface area contributed by atoms with E-state index in [9.17, 15) is 22.8 Å². The first-order valence-corrected chi connectivity index (χ1v) is 16.0. The van der Waals surface area contributed by atoms with Crippen LogP contribution in [0, 0.1) is 5.92 Å². The number of thiophene rings is 1. The Bertz CT molecular complexity index is 1350. The van der Waals surface area contributed by atoms with Crippen molar-refractivity contribution in [3.05, 3.63) is 45.8 Å². The number of hydrogen-bond acceptors (Lipinski definition) is 6. The van der Waals surface area contributed by atoms with Crippen LogP contribution in [0.25, 0.3) is 0 Å². The summed E-state index contributed by atoms with van der Waals surface area (Å²) in [7, 11) is -3.61. The van der Waals surface area contributed by atoms with Crippen LogP contribution in [0.1, 0.15) is 77.1 Å². The lowest BCUT2D eigenvalue weighted by molar-refractivity contribution is -0.129. The third-order valence-corrected chi connectivity index (χ3v) is 11.1. The van der Waals surface area contributed by atoms with Gasteiger partial charge in [0.15, 0.2) is 0 Å². The molecule has 3 aliphatic heterocycles. The van der Waals surface area contributed by atoms with Crippen molar-refractivity contribution in [1.82, 2.24) is 14.1 Å². The van der Waals surface area contributed by atoms with E-state index < -0.39 is 15.9 Å². The number of piperidine rings is 2. The van der Waals surface area contributed by atoms with Crippen LogP contribution in [0.15, 0.2) is 29.2 Å². The molecule has 4 heterocycles. The van der Waals surface area contributed by atoms with Crippen LogP contribution < -0.4 is 5.32 Å². The maximum atomic E-state index is 13.6. The second-order valence-corrected chi connectivity index (χ2v) is 13.9. The molecule has 1 aromatic carbocycles. The van der Waals surface area contributed by atoms with Gasteiger partial charge in [0.05, 0.1) is 17.0 Å². The van der Waals surface area contributed by atoms with Crippen molar-refractivity contribution >= 4 is 44.1 Å². The smallest absolute Gasteiger partial charge is 0.257 e. The molecule has 210 valence electrons. The molecule has 3 amide bonds. The molecule has 0 aliphatic carbocycles. The molecule has 39 heavy (non-hydrogen) atoms. The monoisotopic (exact) mass is 572 g/mol. The van der Waals surface area contributed by atoms with Gasteiger partial charge < -0.3 is 15.1 Å². The Labute approximate surface area is 234 Å². The van der Waals surface area contributed by atoms with E-state index in [-0.39, 0.29) is 16.7 Å². The zero-order valence-electron chi connectivity index (χ0n) is 22.6. The van der Waals surface area contributed by atoms with E-state index in [2.05, 4.69) is 12.2 Å². The Morgan fingerprint density at radius 3 is 2.23 bits per heavy atom. The van der Waals surface area contributed by atoms with Crippen molar-refractivity contribution in [1.29, 1.82) is 0 Å². The van der Waals surface area contributed by atoms with E-state index in [1.807, 2.05) is 4.90 Å². The van der Waals surface area contributed by atoms with Crippen LogP contribution in [0.2, 0.25) is 0 Å². The van der Waals surface area contributed by atoms with Gasteiger partial charge in [0.1, 0.15) is 5.00 Å². The number of likely N-dealkylation sites (tertiary alicyclic amines) is 1. The average Bonchev–Trinajstić information content (AvgIpc) is 3.30. The molecule has 0 saturated carbocycles. The fourth-order valence-corrected chi connectivity index (χ4v) is 8.29. The first-order chi connectivity index (χ1) is 18.6. The minimum Gasteiger partial charge on any atom is -0.339 e. The topological polar surface area (TPSA) is 107 Å². The van der Waals surface area contributed by atoms with Crippen molar-refractivity contribution in [3.63, 3.8) is 0 Å². The summed E-state index contributed by atoms with van der Waals surface area (Å²) in [5.74, 6) is 0.0248. The predicted molar refractivity (Wildman–Crippen MR) is 150 cm³/mol. The van der Waals surface area contributed by atoms with Gasteiger partial charge in [-0.25, -0.2) is 8.42 Å². The van der Waals surface area contributed by atoms with Gasteiger partial charge in [-0.3, -0.25) is 14.4 Å². The molecule has 0 radical (unpaired) electrons. The third kappa shape index (κ3) is 5.76. The van der Waals surface area contributed by atoms with E-state index in [0.717, 1.165) is 42.5 Å². The molecule has 0 spiro atoms. The second-order valence-electron chi connectivity index (χ2n) is 10.8. The van der Waals surface area contributed by atoms with Gasteiger partial charge in [-0.05, 0) is 74.3 Å². The predicted octanol–water partition coefficient (Wildman–Crippen LogP) is 3.95. The second kappa shape index (κ2) is 11.4. The molecule has 0 bridgehead atoms. The number of nitrogens with zero attached hydrogens (tertiary/aromatic N) is 3. The standard InChI is InChI=1S/C28H36N4O5S2/c1-19-10-16-32(17-11-19)39(36,37)22-8-6-21(7-9-22)26(34)29-27-25(28(35)30-13-4-3-5-14-30)23-12-15-31(20(2)33)18-24(23)38-27/h6-9,19H,3-5,10-18H2,1-2H3,(H,29,34). The summed E-state index contributed by atoms with van der Waals surface area (Å²) in [5, 5.41) is 3.43. The van der Waals surface area contributed by atoms with Gasteiger partial charge in [-0.15, -0.1) is 11.3 Å². The number of rotatable bonds is 5. The van der Waals surface area contributed by atoms with Crippen LogP contribution in [-0.4, -0.2) is 73.0 Å². The number of carbonyl (C=O) groups is 3. The highest BCUT2D eigenvalue weighted by Gasteiger charge is 2.33. The molecule has 5 rings (SSSR count). The number of anilines is 1. The summed E-state index contributed by atoms with van der Waals surface area (Å²) in [6.07, 6.45) is 5.27. The number of fused-ring (bicyclic) bond motifs is 1. The molecule has 2 fully saturated rings. The Balaban J connectivity index is 1.38.